The van der Waals surface area contributed by atoms with Gasteiger partial charge < -0.3 is 0 Å². The van der Waals surface area contributed by atoms with E-state index in [2.05, 4.69) is 15.9 Å². The Morgan fingerprint density at radius 3 is 2.86 bits per heavy atom. The summed E-state index contributed by atoms with van der Waals surface area (Å²) in [5.41, 5.74) is 1.90. The Labute approximate surface area is 91.7 Å². The molecule has 1 rings (SSSR count). The van der Waals surface area contributed by atoms with Gasteiger partial charge in [0.1, 0.15) is 0 Å². The summed E-state index contributed by atoms with van der Waals surface area (Å²) in [5.74, 6) is 0.0246. The number of benzene rings is 1. The number of ketones is 1. The molecule has 0 aliphatic carbocycles. The number of alkyl halides is 1. The van der Waals surface area contributed by atoms with E-state index in [-0.39, 0.29) is 5.78 Å². The number of Topliss-reactive ketones (excluding diaryl/α,β-unsaturated/α-hetero) is 1. The molecule has 72 valence electrons. The summed E-state index contributed by atoms with van der Waals surface area (Å²) in [7, 11) is 0. The molecule has 0 aliphatic rings. The highest BCUT2D eigenvalue weighted by Crippen LogP contribution is 2.15. The summed E-state index contributed by atoms with van der Waals surface area (Å²) in [5, 5.41) is 9.48. The Bertz CT molecular complexity index is 393. The van der Waals surface area contributed by atoms with Crippen molar-refractivity contribution < 1.29 is 4.79 Å². The third kappa shape index (κ3) is 2.21. The van der Waals surface area contributed by atoms with E-state index >= 15 is 0 Å². The molecule has 0 amide bonds. The first-order valence-electron chi connectivity index (χ1n) is 4.29. The third-order valence-corrected chi connectivity index (χ3v) is 2.39. The summed E-state index contributed by atoms with van der Waals surface area (Å²) >= 11 is 3.21. The first-order valence-corrected chi connectivity index (χ1v) is 5.41. The molecule has 0 saturated carbocycles. The zero-order valence-electron chi connectivity index (χ0n) is 7.88. The average molecular weight is 252 g/mol. The lowest BCUT2D eigenvalue weighted by molar-refractivity contribution is 0.0989. The molecule has 14 heavy (non-hydrogen) atoms. The van der Waals surface area contributed by atoms with E-state index in [1.54, 1.807) is 12.1 Å². The molecule has 0 atom stereocenters. The molecular formula is C11H10BrNO. The molecule has 3 heteroatoms. The fourth-order valence-electron chi connectivity index (χ4n) is 1.34. The second-order valence-corrected chi connectivity index (χ2v) is 3.76. The van der Waals surface area contributed by atoms with Gasteiger partial charge in [-0.2, -0.15) is 5.26 Å². The van der Waals surface area contributed by atoms with Crippen molar-refractivity contribution >= 4 is 21.7 Å². The summed E-state index contributed by atoms with van der Waals surface area (Å²) in [6.07, 6.45) is 0.430. The standard InChI is InChI=1S/C11H10BrNO/c1-8-3-2-4-9(7-13)11(8)10(14)5-6-12/h2-4H,5-6H2,1H3. The number of carbonyl (C=O) groups is 1. The molecule has 0 N–H and O–H groups in total. The number of hydrogen-bond donors (Lipinski definition) is 0. The maximum absolute atomic E-state index is 11.7. The zero-order valence-corrected chi connectivity index (χ0v) is 9.47. The third-order valence-electron chi connectivity index (χ3n) is 1.99. The van der Waals surface area contributed by atoms with Gasteiger partial charge in [-0.15, -0.1) is 0 Å². The van der Waals surface area contributed by atoms with Crippen LogP contribution in [0.4, 0.5) is 0 Å². The second-order valence-electron chi connectivity index (χ2n) is 2.97. The molecule has 0 aliphatic heterocycles. The van der Waals surface area contributed by atoms with Crippen LogP contribution in [0.15, 0.2) is 18.2 Å². The molecular weight excluding hydrogens is 242 g/mol. The predicted octanol–water partition coefficient (Wildman–Crippen LogP) is 2.83. The van der Waals surface area contributed by atoms with E-state index in [0.29, 0.717) is 22.9 Å². The fraction of sp³-hybridized carbons (Fsp3) is 0.273. The van der Waals surface area contributed by atoms with Gasteiger partial charge in [-0.05, 0) is 18.6 Å². The molecule has 0 spiro atoms. The van der Waals surface area contributed by atoms with Gasteiger partial charge in [0.25, 0.3) is 0 Å². The number of halogens is 1. The molecule has 0 bridgehead atoms. The smallest absolute Gasteiger partial charge is 0.165 e. The van der Waals surface area contributed by atoms with Crippen LogP contribution in [0.3, 0.4) is 0 Å². The highest BCUT2D eigenvalue weighted by atomic mass is 79.9. The Balaban J connectivity index is 3.18. The number of carbonyl (C=O) groups excluding carboxylic acids is 1. The molecule has 0 unspecified atom stereocenters. The van der Waals surface area contributed by atoms with Crippen LogP contribution in [0, 0.1) is 18.3 Å². The SMILES string of the molecule is Cc1cccc(C#N)c1C(=O)CCBr. The van der Waals surface area contributed by atoms with Crippen LogP contribution in [0.1, 0.15) is 27.9 Å². The van der Waals surface area contributed by atoms with Crippen LogP contribution in [-0.2, 0) is 0 Å². The van der Waals surface area contributed by atoms with Crippen LogP contribution in [0.5, 0.6) is 0 Å². The van der Waals surface area contributed by atoms with E-state index in [9.17, 15) is 4.79 Å². The van der Waals surface area contributed by atoms with E-state index < -0.39 is 0 Å². The van der Waals surface area contributed by atoms with Crippen LogP contribution in [-0.4, -0.2) is 11.1 Å². The van der Waals surface area contributed by atoms with Crippen molar-refractivity contribution in [2.45, 2.75) is 13.3 Å². The summed E-state index contributed by atoms with van der Waals surface area (Å²) in [4.78, 5) is 11.7. The first-order chi connectivity index (χ1) is 6.70. The van der Waals surface area contributed by atoms with Gasteiger partial charge >= 0.3 is 0 Å². The maximum Gasteiger partial charge on any atom is 0.165 e. The lowest BCUT2D eigenvalue weighted by Crippen LogP contribution is -2.05. The van der Waals surface area contributed by atoms with Gasteiger partial charge in [0.05, 0.1) is 11.6 Å². The molecule has 1 aromatic carbocycles. The largest absolute Gasteiger partial charge is 0.294 e. The van der Waals surface area contributed by atoms with E-state index in [4.69, 9.17) is 5.26 Å². The van der Waals surface area contributed by atoms with Crippen LogP contribution >= 0.6 is 15.9 Å². The molecule has 1 aromatic rings. The monoisotopic (exact) mass is 251 g/mol. The quantitative estimate of drug-likeness (QED) is 0.613. The normalized spacial score (nSPS) is 9.50. The second kappa shape index (κ2) is 4.92. The average Bonchev–Trinajstić information content (AvgIpc) is 2.17. The van der Waals surface area contributed by atoms with Crippen LogP contribution < -0.4 is 0 Å². The van der Waals surface area contributed by atoms with Gasteiger partial charge in [-0.3, -0.25) is 4.79 Å². The highest BCUT2D eigenvalue weighted by Gasteiger charge is 2.12. The first kappa shape index (κ1) is 10.9. The predicted molar refractivity (Wildman–Crippen MR) is 58.6 cm³/mol. The maximum atomic E-state index is 11.7. The van der Waals surface area contributed by atoms with Crippen LogP contribution in [0.2, 0.25) is 0 Å². The topological polar surface area (TPSA) is 40.9 Å². The molecule has 0 radical (unpaired) electrons. The number of nitrogens with zero attached hydrogens (tertiary/aromatic N) is 1. The Kier molecular flexibility index (Phi) is 3.84. The van der Waals surface area contributed by atoms with Crippen LogP contribution in [0.25, 0.3) is 0 Å². The molecule has 0 fully saturated rings. The number of hydrogen-bond acceptors (Lipinski definition) is 2. The zero-order chi connectivity index (χ0) is 10.6. The summed E-state index contributed by atoms with van der Waals surface area (Å²) in [6, 6.07) is 7.35. The molecule has 0 heterocycles. The lowest BCUT2D eigenvalue weighted by Gasteiger charge is -2.05. The number of nitriles is 1. The Morgan fingerprint density at radius 2 is 2.29 bits per heavy atom. The van der Waals surface area contributed by atoms with E-state index in [1.807, 2.05) is 19.1 Å². The Hall–Kier alpha value is -1.14. The van der Waals surface area contributed by atoms with E-state index in [1.165, 1.54) is 0 Å². The van der Waals surface area contributed by atoms with Crippen molar-refractivity contribution in [3.8, 4) is 6.07 Å². The van der Waals surface area contributed by atoms with Gasteiger partial charge in [0.15, 0.2) is 5.78 Å². The van der Waals surface area contributed by atoms with Crippen molar-refractivity contribution in [2.24, 2.45) is 0 Å². The number of aryl methyl sites for hydroxylation is 1. The molecule has 2 nitrogen and oxygen atoms in total. The van der Waals surface area contributed by atoms with Crippen molar-refractivity contribution in [2.75, 3.05) is 5.33 Å². The van der Waals surface area contributed by atoms with Crippen molar-refractivity contribution in [3.05, 3.63) is 34.9 Å². The molecule has 0 saturated heterocycles. The highest BCUT2D eigenvalue weighted by molar-refractivity contribution is 9.09. The summed E-state index contributed by atoms with van der Waals surface area (Å²) < 4.78 is 0. The van der Waals surface area contributed by atoms with Gasteiger partial charge in [0, 0.05) is 17.3 Å². The Morgan fingerprint density at radius 1 is 1.57 bits per heavy atom. The summed E-state index contributed by atoms with van der Waals surface area (Å²) in [6.45, 7) is 1.85. The molecule has 0 aromatic heterocycles. The van der Waals surface area contributed by atoms with Gasteiger partial charge in [-0.1, -0.05) is 28.1 Å². The minimum atomic E-state index is 0.0246. The minimum absolute atomic E-state index is 0.0246. The minimum Gasteiger partial charge on any atom is -0.294 e. The van der Waals surface area contributed by atoms with Crippen molar-refractivity contribution in [1.82, 2.24) is 0 Å². The van der Waals surface area contributed by atoms with Gasteiger partial charge in [0.2, 0.25) is 0 Å². The van der Waals surface area contributed by atoms with Crippen molar-refractivity contribution in [1.29, 1.82) is 5.26 Å². The lowest BCUT2D eigenvalue weighted by atomic mass is 9.98. The van der Waals surface area contributed by atoms with Crippen molar-refractivity contribution in [3.63, 3.8) is 0 Å². The van der Waals surface area contributed by atoms with Gasteiger partial charge in [-0.25, -0.2) is 0 Å². The fourth-order valence-corrected chi connectivity index (χ4v) is 1.70. The van der Waals surface area contributed by atoms with E-state index in [0.717, 1.165) is 5.56 Å². The number of rotatable bonds is 3.